The van der Waals surface area contributed by atoms with Crippen molar-refractivity contribution in [3.8, 4) is 0 Å². The zero-order valence-electron chi connectivity index (χ0n) is 18.0. The Morgan fingerprint density at radius 3 is 2.41 bits per heavy atom. The lowest BCUT2D eigenvalue weighted by Crippen LogP contribution is -2.57. The van der Waals surface area contributed by atoms with Crippen molar-refractivity contribution < 1.29 is 10.2 Å². The number of hydrogen-bond donors (Lipinski definition) is 2. The smallest absolute Gasteiger partial charge is 0.0577 e. The Bertz CT molecular complexity index is 505. The summed E-state index contributed by atoms with van der Waals surface area (Å²) in [6.45, 7) is 5.56. The lowest BCUT2D eigenvalue weighted by Gasteiger charge is -2.62. The van der Waals surface area contributed by atoms with Gasteiger partial charge >= 0.3 is 0 Å². The molecule has 4 aliphatic rings. The lowest BCUT2D eigenvalue weighted by molar-refractivity contribution is -0.162. The van der Waals surface area contributed by atoms with Gasteiger partial charge in [0, 0.05) is 6.61 Å². The molecule has 8 atom stereocenters. The van der Waals surface area contributed by atoms with Crippen molar-refractivity contribution in [1.82, 2.24) is 0 Å². The van der Waals surface area contributed by atoms with E-state index in [9.17, 15) is 5.11 Å². The van der Waals surface area contributed by atoms with Crippen molar-refractivity contribution in [2.45, 2.75) is 110 Å². The van der Waals surface area contributed by atoms with Crippen LogP contribution in [0.15, 0.2) is 0 Å². The van der Waals surface area contributed by atoms with Crippen LogP contribution in [0.5, 0.6) is 0 Å². The van der Waals surface area contributed by atoms with Crippen LogP contribution >= 0.6 is 0 Å². The molecule has 2 N–H and O–H groups in total. The van der Waals surface area contributed by atoms with Crippen LogP contribution in [0.4, 0.5) is 0 Å². The van der Waals surface area contributed by atoms with E-state index < -0.39 is 0 Å². The van der Waals surface area contributed by atoms with Crippen LogP contribution in [0, 0.1) is 40.4 Å². The lowest BCUT2D eigenvalue weighted by atomic mass is 9.44. The van der Waals surface area contributed by atoms with E-state index in [4.69, 9.17) is 5.11 Å². The third-order valence-corrected chi connectivity index (χ3v) is 10.3. The molecule has 4 rings (SSSR count). The van der Waals surface area contributed by atoms with Crippen LogP contribution in [0.2, 0.25) is 0 Å². The van der Waals surface area contributed by atoms with Gasteiger partial charge in [0.1, 0.15) is 0 Å². The molecule has 0 aromatic heterocycles. The van der Waals surface area contributed by atoms with Crippen LogP contribution in [0.1, 0.15) is 104 Å². The first-order valence-corrected chi connectivity index (χ1v) is 12.3. The first kappa shape index (κ1) is 20.2. The van der Waals surface area contributed by atoms with Gasteiger partial charge in [-0.25, -0.2) is 0 Å². The Morgan fingerprint density at radius 2 is 1.59 bits per heavy atom. The van der Waals surface area contributed by atoms with Gasteiger partial charge in [-0.3, -0.25) is 0 Å². The molecule has 0 aromatic carbocycles. The Balaban J connectivity index is 1.45. The normalized spacial score (nSPS) is 49.3. The van der Waals surface area contributed by atoms with Crippen LogP contribution in [0.3, 0.4) is 0 Å². The third-order valence-electron chi connectivity index (χ3n) is 10.3. The summed E-state index contributed by atoms with van der Waals surface area (Å²) in [6, 6.07) is 0. The minimum atomic E-state index is -0.0286. The average Bonchev–Trinajstić information content (AvgIpc) is 2.98. The van der Waals surface area contributed by atoms with Crippen molar-refractivity contribution >= 4 is 0 Å². The molecule has 0 aromatic rings. The van der Waals surface area contributed by atoms with E-state index in [1.165, 1.54) is 77.0 Å². The summed E-state index contributed by atoms with van der Waals surface area (Å²) in [5.74, 6) is 3.81. The van der Waals surface area contributed by atoms with Gasteiger partial charge in [0.25, 0.3) is 0 Å². The zero-order chi connectivity index (χ0) is 19.1. The second kappa shape index (κ2) is 7.98. The molecular weight excluding hydrogens is 332 g/mol. The molecule has 4 saturated carbocycles. The number of rotatable bonds is 6. The van der Waals surface area contributed by atoms with E-state index in [-0.39, 0.29) is 6.10 Å². The van der Waals surface area contributed by atoms with Crippen molar-refractivity contribution in [1.29, 1.82) is 0 Å². The molecule has 0 bridgehead atoms. The minimum absolute atomic E-state index is 0.0286. The van der Waals surface area contributed by atoms with Gasteiger partial charge in [-0.05, 0) is 98.2 Å². The quantitative estimate of drug-likeness (QED) is 0.562. The number of hydrogen-bond acceptors (Lipinski definition) is 2. The highest BCUT2D eigenvalue weighted by Gasteiger charge is 2.61. The molecule has 0 aliphatic heterocycles. The minimum Gasteiger partial charge on any atom is -0.396 e. The molecule has 8 unspecified atom stereocenters. The average molecular weight is 377 g/mol. The van der Waals surface area contributed by atoms with Crippen LogP contribution in [-0.2, 0) is 0 Å². The molecule has 4 aliphatic carbocycles. The summed E-state index contributed by atoms with van der Waals surface area (Å²) in [5.41, 5.74) is 1.00. The number of unbranched alkanes of at least 4 members (excludes halogenated alkanes) is 3. The summed E-state index contributed by atoms with van der Waals surface area (Å²) in [6.07, 6.45) is 18.4. The summed E-state index contributed by atoms with van der Waals surface area (Å²) >= 11 is 0. The molecule has 0 saturated heterocycles. The first-order valence-electron chi connectivity index (χ1n) is 12.3. The molecule has 2 nitrogen and oxygen atoms in total. The second-order valence-corrected chi connectivity index (χ2v) is 11.3. The molecular formula is C25H44O2. The SMILES string of the molecule is CC12CCC3C(C(O)CC4CCCCC43C)C1CCC2CCCCCCO. The maximum Gasteiger partial charge on any atom is 0.0577 e. The molecule has 0 amide bonds. The summed E-state index contributed by atoms with van der Waals surface area (Å²) in [7, 11) is 0. The predicted octanol–water partition coefficient (Wildman–Crippen LogP) is 5.95. The molecule has 2 heteroatoms. The fourth-order valence-corrected chi connectivity index (χ4v) is 8.69. The molecule has 27 heavy (non-hydrogen) atoms. The van der Waals surface area contributed by atoms with Gasteiger partial charge in [0.05, 0.1) is 6.10 Å². The fourth-order valence-electron chi connectivity index (χ4n) is 8.69. The summed E-state index contributed by atoms with van der Waals surface area (Å²) in [5, 5.41) is 20.2. The first-order chi connectivity index (χ1) is 13.0. The second-order valence-electron chi connectivity index (χ2n) is 11.3. The van der Waals surface area contributed by atoms with Crippen LogP contribution in [-0.4, -0.2) is 22.9 Å². The van der Waals surface area contributed by atoms with Gasteiger partial charge in [-0.2, -0.15) is 0 Å². The van der Waals surface area contributed by atoms with E-state index in [1.54, 1.807) is 0 Å². The number of aliphatic hydroxyl groups excluding tert-OH is 2. The van der Waals surface area contributed by atoms with E-state index in [0.717, 1.165) is 36.5 Å². The predicted molar refractivity (Wildman–Crippen MR) is 111 cm³/mol. The van der Waals surface area contributed by atoms with Gasteiger partial charge in [-0.1, -0.05) is 46.0 Å². The monoisotopic (exact) mass is 376 g/mol. The van der Waals surface area contributed by atoms with Crippen molar-refractivity contribution in [3.63, 3.8) is 0 Å². The Morgan fingerprint density at radius 1 is 0.815 bits per heavy atom. The number of aliphatic hydroxyl groups is 2. The van der Waals surface area contributed by atoms with Gasteiger partial charge in [-0.15, -0.1) is 0 Å². The Labute approximate surface area is 167 Å². The Kier molecular flexibility index (Phi) is 5.97. The molecule has 156 valence electrons. The van der Waals surface area contributed by atoms with Gasteiger partial charge in [0.15, 0.2) is 0 Å². The maximum atomic E-state index is 11.3. The molecule has 0 heterocycles. The molecule has 0 radical (unpaired) electrons. The third kappa shape index (κ3) is 3.41. The standard InChI is InChI=1S/C25H44O2/c1-24-14-7-6-10-19(24)17-22(27)23-20-12-11-18(9-5-3-4-8-16-26)25(20,2)15-13-21(23)24/h18-23,26-27H,3-17H2,1-2H3. The largest absolute Gasteiger partial charge is 0.396 e. The highest BCUT2D eigenvalue weighted by molar-refractivity contribution is 5.10. The van der Waals surface area contributed by atoms with Crippen molar-refractivity contribution in [2.24, 2.45) is 40.4 Å². The Hall–Kier alpha value is -0.0800. The topological polar surface area (TPSA) is 40.5 Å². The van der Waals surface area contributed by atoms with Gasteiger partial charge < -0.3 is 10.2 Å². The van der Waals surface area contributed by atoms with Crippen LogP contribution in [0.25, 0.3) is 0 Å². The highest BCUT2D eigenvalue weighted by atomic mass is 16.3. The van der Waals surface area contributed by atoms with Crippen molar-refractivity contribution in [3.05, 3.63) is 0 Å². The van der Waals surface area contributed by atoms with E-state index in [1.807, 2.05) is 0 Å². The maximum absolute atomic E-state index is 11.3. The van der Waals surface area contributed by atoms with E-state index in [0.29, 0.717) is 23.4 Å². The summed E-state index contributed by atoms with van der Waals surface area (Å²) in [4.78, 5) is 0. The molecule has 4 fully saturated rings. The number of fused-ring (bicyclic) bond motifs is 5. The van der Waals surface area contributed by atoms with Crippen LogP contribution < -0.4 is 0 Å². The van der Waals surface area contributed by atoms with Gasteiger partial charge in [0.2, 0.25) is 0 Å². The summed E-state index contributed by atoms with van der Waals surface area (Å²) < 4.78 is 0. The van der Waals surface area contributed by atoms with E-state index >= 15 is 0 Å². The highest BCUT2D eigenvalue weighted by Crippen LogP contribution is 2.67. The fraction of sp³-hybridized carbons (Fsp3) is 1.00. The van der Waals surface area contributed by atoms with E-state index in [2.05, 4.69) is 13.8 Å². The van der Waals surface area contributed by atoms with Crippen molar-refractivity contribution in [2.75, 3.05) is 6.61 Å². The zero-order valence-corrected chi connectivity index (χ0v) is 18.0. The molecule has 0 spiro atoms.